The first kappa shape index (κ1) is 12.2. The molecule has 0 radical (unpaired) electrons. The van der Waals surface area contributed by atoms with Crippen LogP contribution < -0.4 is 5.56 Å². The Kier molecular flexibility index (Phi) is 3.33. The third kappa shape index (κ3) is 2.35. The average molecular weight is 249 g/mol. The molecule has 2 rings (SSSR count). The van der Waals surface area contributed by atoms with Crippen LogP contribution in [0.5, 0.6) is 0 Å². The van der Waals surface area contributed by atoms with Gasteiger partial charge in [-0.25, -0.2) is 4.79 Å². The first-order valence-corrected chi connectivity index (χ1v) is 5.26. The fraction of sp³-hybridized carbons (Fsp3) is 0.273. The molecule has 0 amide bonds. The fourth-order valence-corrected chi connectivity index (χ4v) is 1.36. The summed E-state index contributed by atoms with van der Waals surface area (Å²) in [6.45, 7) is 1.13. The van der Waals surface area contributed by atoms with Crippen molar-refractivity contribution in [1.82, 2.24) is 15.0 Å². The van der Waals surface area contributed by atoms with Crippen LogP contribution in [0, 0.1) is 0 Å². The third-order valence-electron chi connectivity index (χ3n) is 2.42. The number of hydrogen-bond acceptors (Lipinski definition) is 5. The Morgan fingerprint density at radius 3 is 2.94 bits per heavy atom. The van der Waals surface area contributed by atoms with E-state index in [-0.39, 0.29) is 12.3 Å². The maximum atomic E-state index is 11.9. The molecule has 1 heterocycles. The molecule has 18 heavy (non-hydrogen) atoms. The molecule has 0 spiro atoms. The van der Waals surface area contributed by atoms with Gasteiger partial charge in [-0.15, -0.1) is 5.10 Å². The maximum absolute atomic E-state index is 11.9. The van der Waals surface area contributed by atoms with E-state index in [9.17, 15) is 9.59 Å². The summed E-state index contributed by atoms with van der Waals surface area (Å²) in [6, 6.07) is 6.78. The Hall–Kier alpha value is -2.28. The molecule has 7 nitrogen and oxygen atoms in total. The lowest BCUT2D eigenvalue weighted by Gasteiger charge is -2.09. The molecule has 0 aliphatic rings. The smallest absolute Gasteiger partial charge is 0.332 e. The van der Waals surface area contributed by atoms with E-state index in [0.717, 1.165) is 4.68 Å². The second kappa shape index (κ2) is 4.92. The summed E-state index contributed by atoms with van der Waals surface area (Å²) >= 11 is 0. The van der Waals surface area contributed by atoms with Gasteiger partial charge in [-0.1, -0.05) is 17.3 Å². The van der Waals surface area contributed by atoms with Crippen molar-refractivity contribution in [2.24, 2.45) is 0 Å². The number of benzene rings is 1. The Morgan fingerprint density at radius 1 is 1.50 bits per heavy atom. The van der Waals surface area contributed by atoms with Crippen molar-refractivity contribution >= 4 is 16.9 Å². The molecular formula is C11H11N3O4. The summed E-state index contributed by atoms with van der Waals surface area (Å²) in [7, 11) is 0. The molecule has 0 fully saturated rings. The zero-order chi connectivity index (χ0) is 13.1. The lowest BCUT2D eigenvalue weighted by molar-refractivity contribution is -0.152. The lowest BCUT2D eigenvalue weighted by atomic mass is 10.2. The van der Waals surface area contributed by atoms with Crippen molar-refractivity contribution in [2.45, 2.75) is 19.8 Å². The third-order valence-corrected chi connectivity index (χ3v) is 2.42. The van der Waals surface area contributed by atoms with Gasteiger partial charge in [-0.05, 0) is 19.1 Å². The van der Waals surface area contributed by atoms with Crippen LogP contribution >= 0.6 is 0 Å². The topological polar surface area (TPSA) is 94.3 Å². The van der Waals surface area contributed by atoms with Crippen LogP contribution in [0.25, 0.3) is 10.9 Å². The highest BCUT2D eigenvalue weighted by Crippen LogP contribution is 2.03. The number of carboxylic acids is 1. The predicted octanol–water partition coefficient (Wildman–Crippen LogP) is 0.239. The summed E-state index contributed by atoms with van der Waals surface area (Å²) < 4.78 is 5.97. The zero-order valence-electron chi connectivity index (χ0n) is 9.61. The molecule has 1 N–H and O–H groups in total. The first-order chi connectivity index (χ1) is 8.59. The van der Waals surface area contributed by atoms with E-state index in [1.54, 1.807) is 24.3 Å². The van der Waals surface area contributed by atoms with Crippen molar-refractivity contribution in [2.75, 3.05) is 0 Å². The van der Waals surface area contributed by atoms with E-state index in [4.69, 9.17) is 9.84 Å². The van der Waals surface area contributed by atoms with E-state index in [0.29, 0.717) is 10.9 Å². The number of fused-ring (bicyclic) bond motifs is 1. The Labute approximate surface area is 102 Å². The summed E-state index contributed by atoms with van der Waals surface area (Å²) in [5.74, 6) is -1.10. The highest BCUT2D eigenvalue weighted by molar-refractivity contribution is 5.76. The highest BCUT2D eigenvalue weighted by atomic mass is 16.5. The van der Waals surface area contributed by atoms with E-state index in [1.807, 2.05) is 0 Å². The van der Waals surface area contributed by atoms with Crippen molar-refractivity contribution < 1.29 is 14.6 Å². The average Bonchev–Trinajstić information content (AvgIpc) is 2.38. The molecule has 1 aromatic carbocycles. The van der Waals surface area contributed by atoms with Gasteiger partial charge in [-0.3, -0.25) is 4.79 Å². The fourth-order valence-electron chi connectivity index (χ4n) is 1.36. The van der Waals surface area contributed by atoms with Gasteiger partial charge in [0.2, 0.25) is 0 Å². The molecule has 0 saturated carbocycles. The van der Waals surface area contributed by atoms with Crippen molar-refractivity contribution in [3.63, 3.8) is 0 Å². The van der Waals surface area contributed by atoms with Crippen LogP contribution in [0.4, 0.5) is 0 Å². The van der Waals surface area contributed by atoms with Crippen LogP contribution in [-0.2, 0) is 16.3 Å². The molecular weight excluding hydrogens is 238 g/mol. The van der Waals surface area contributed by atoms with E-state index >= 15 is 0 Å². The van der Waals surface area contributed by atoms with E-state index < -0.39 is 12.1 Å². The Morgan fingerprint density at radius 2 is 2.22 bits per heavy atom. The molecule has 0 aliphatic heterocycles. The second-order valence-corrected chi connectivity index (χ2v) is 3.69. The number of carboxylic acid groups (broad SMARTS) is 1. The second-order valence-electron chi connectivity index (χ2n) is 3.69. The largest absolute Gasteiger partial charge is 0.479 e. The molecule has 0 aliphatic carbocycles. The summed E-state index contributed by atoms with van der Waals surface area (Å²) in [5, 5.41) is 16.6. The van der Waals surface area contributed by atoms with Gasteiger partial charge in [0.25, 0.3) is 5.56 Å². The Bertz CT molecular complexity index is 637. The van der Waals surface area contributed by atoms with E-state index in [2.05, 4.69) is 10.3 Å². The number of nitrogens with zero attached hydrogens (tertiary/aromatic N) is 3. The quantitative estimate of drug-likeness (QED) is 0.834. The van der Waals surface area contributed by atoms with Crippen molar-refractivity contribution in [3.05, 3.63) is 34.6 Å². The molecule has 0 bridgehead atoms. The monoisotopic (exact) mass is 249 g/mol. The highest BCUT2D eigenvalue weighted by Gasteiger charge is 2.12. The van der Waals surface area contributed by atoms with Crippen LogP contribution in [0.1, 0.15) is 6.92 Å². The van der Waals surface area contributed by atoms with Crippen molar-refractivity contribution in [3.8, 4) is 0 Å². The summed E-state index contributed by atoms with van der Waals surface area (Å²) in [6.07, 6.45) is -1.01. The van der Waals surface area contributed by atoms with Gasteiger partial charge in [0.05, 0.1) is 5.39 Å². The van der Waals surface area contributed by atoms with Crippen molar-refractivity contribution in [1.29, 1.82) is 0 Å². The predicted molar refractivity (Wildman–Crippen MR) is 62.0 cm³/mol. The minimum Gasteiger partial charge on any atom is -0.479 e. The normalized spacial score (nSPS) is 12.5. The zero-order valence-corrected chi connectivity index (χ0v) is 9.61. The van der Waals surface area contributed by atoms with Gasteiger partial charge in [-0.2, -0.15) is 4.68 Å². The number of rotatable bonds is 4. The molecule has 94 valence electrons. The summed E-state index contributed by atoms with van der Waals surface area (Å²) in [4.78, 5) is 22.5. The lowest BCUT2D eigenvalue weighted by Crippen LogP contribution is -2.29. The number of ether oxygens (including phenoxy) is 1. The van der Waals surface area contributed by atoms with Gasteiger partial charge in [0.15, 0.2) is 6.10 Å². The molecule has 7 heteroatoms. The summed E-state index contributed by atoms with van der Waals surface area (Å²) in [5.41, 5.74) is 0.128. The van der Waals surface area contributed by atoms with Gasteiger partial charge in [0.1, 0.15) is 12.2 Å². The number of hydrogen-bond donors (Lipinski definition) is 1. The van der Waals surface area contributed by atoms with Gasteiger partial charge >= 0.3 is 5.97 Å². The Balaban J connectivity index is 2.27. The van der Waals surface area contributed by atoms with Gasteiger partial charge in [0, 0.05) is 0 Å². The van der Waals surface area contributed by atoms with Crippen LogP contribution in [0.2, 0.25) is 0 Å². The number of aliphatic carboxylic acids is 1. The molecule has 2 aromatic rings. The van der Waals surface area contributed by atoms with Crippen LogP contribution in [-0.4, -0.2) is 32.2 Å². The number of aromatic nitrogens is 3. The van der Waals surface area contributed by atoms with E-state index in [1.165, 1.54) is 6.92 Å². The van der Waals surface area contributed by atoms with Gasteiger partial charge < -0.3 is 9.84 Å². The van der Waals surface area contributed by atoms with Crippen LogP contribution in [0.3, 0.4) is 0 Å². The standard InChI is InChI=1S/C11H11N3O4/c1-7(11(16)17)18-6-14-10(15)8-4-2-3-5-9(8)12-13-14/h2-5,7H,6H2,1H3,(H,16,17)/t7-/m1/s1. The number of carbonyl (C=O) groups is 1. The maximum Gasteiger partial charge on any atom is 0.332 e. The van der Waals surface area contributed by atoms with Crippen LogP contribution in [0.15, 0.2) is 29.1 Å². The SMILES string of the molecule is C[C@@H](OCn1nnc2ccccc2c1=O)C(=O)O. The molecule has 1 atom stereocenters. The minimum atomic E-state index is -1.10. The molecule has 0 unspecified atom stereocenters. The molecule has 0 saturated heterocycles. The first-order valence-electron chi connectivity index (χ1n) is 5.26. The minimum absolute atomic E-state index is 0.246. The molecule has 1 aromatic heterocycles.